The number of carboxylic acids is 1. The summed E-state index contributed by atoms with van der Waals surface area (Å²) >= 11 is 0. The summed E-state index contributed by atoms with van der Waals surface area (Å²) in [7, 11) is 0. The fourth-order valence-corrected chi connectivity index (χ4v) is 3.64. The van der Waals surface area contributed by atoms with Gasteiger partial charge in [-0.3, -0.25) is 0 Å². The van der Waals surface area contributed by atoms with E-state index in [0.29, 0.717) is 16.6 Å². The number of anilines is 1. The first kappa shape index (κ1) is 16.6. The van der Waals surface area contributed by atoms with Crippen LogP contribution >= 0.6 is 0 Å². The summed E-state index contributed by atoms with van der Waals surface area (Å²) in [6, 6.07) is 15.8. The standard InChI is InChI=1S/C22H22N2O2/c1-2-15-5-10-20-18(13-15)19(22(25)26)14-21(23-20)16-6-8-17(9-7-16)24-11-3-4-12-24/h5-10,13-14H,2-4,11-12H2,1H3,(H,25,26). The Morgan fingerprint density at radius 2 is 1.81 bits per heavy atom. The van der Waals surface area contributed by atoms with Gasteiger partial charge in [0.15, 0.2) is 0 Å². The highest BCUT2D eigenvalue weighted by molar-refractivity contribution is 6.04. The third kappa shape index (κ3) is 3.03. The maximum atomic E-state index is 11.8. The molecule has 4 nitrogen and oxygen atoms in total. The molecule has 0 radical (unpaired) electrons. The molecule has 132 valence electrons. The van der Waals surface area contributed by atoms with Crippen LogP contribution in [0.25, 0.3) is 22.2 Å². The molecule has 0 amide bonds. The number of rotatable bonds is 4. The zero-order valence-electron chi connectivity index (χ0n) is 14.9. The van der Waals surface area contributed by atoms with Crippen LogP contribution in [-0.4, -0.2) is 29.1 Å². The Hall–Kier alpha value is -2.88. The summed E-state index contributed by atoms with van der Waals surface area (Å²) in [6.45, 7) is 4.28. The van der Waals surface area contributed by atoms with E-state index < -0.39 is 5.97 Å². The lowest BCUT2D eigenvalue weighted by Crippen LogP contribution is -2.17. The van der Waals surface area contributed by atoms with Gasteiger partial charge in [-0.15, -0.1) is 0 Å². The molecule has 1 saturated heterocycles. The quantitative estimate of drug-likeness (QED) is 0.740. The van der Waals surface area contributed by atoms with Crippen molar-refractivity contribution in [2.45, 2.75) is 26.2 Å². The molecule has 1 fully saturated rings. The van der Waals surface area contributed by atoms with Gasteiger partial charge in [0.1, 0.15) is 0 Å². The van der Waals surface area contributed by atoms with Crippen molar-refractivity contribution in [3.05, 3.63) is 59.7 Å². The predicted octanol–water partition coefficient (Wildman–Crippen LogP) is 4.76. The molecule has 4 heteroatoms. The molecule has 1 aromatic heterocycles. The van der Waals surface area contributed by atoms with E-state index in [0.717, 1.165) is 36.2 Å². The summed E-state index contributed by atoms with van der Waals surface area (Å²) in [5.41, 5.74) is 5.01. The third-order valence-corrected chi connectivity index (χ3v) is 5.15. The molecule has 1 aliphatic heterocycles. The van der Waals surface area contributed by atoms with Crippen LogP contribution in [-0.2, 0) is 6.42 Å². The lowest BCUT2D eigenvalue weighted by Gasteiger charge is -2.17. The Bertz CT molecular complexity index is 958. The minimum Gasteiger partial charge on any atom is -0.478 e. The summed E-state index contributed by atoms with van der Waals surface area (Å²) in [5, 5.41) is 10.4. The number of hydrogen-bond acceptors (Lipinski definition) is 3. The van der Waals surface area contributed by atoms with Gasteiger partial charge in [0, 0.05) is 29.7 Å². The molecule has 2 heterocycles. The molecular formula is C22H22N2O2. The predicted molar refractivity (Wildman–Crippen MR) is 105 cm³/mol. The Kier molecular flexibility index (Phi) is 4.33. The first-order valence-corrected chi connectivity index (χ1v) is 9.18. The highest BCUT2D eigenvalue weighted by Crippen LogP contribution is 2.28. The van der Waals surface area contributed by atoms with E-state index in [1.165, 1.54) is 18.5 Å². The fraction of sp³-hybridized carbons (Fsp3) is 0.273. The van der Waals surface area contributed by atoms with Gasteiger partial charge in [-0.1, -0.05) is 25.1 Å². The maximum absolute atomic E-state index is 11.8. The van der Waals surface area contributed by atoms with Crippen LogP contribution in [0.4, 0.5) is 5.69 Å². The van der Waals surface area contributed by atoms with Crippen molar-refractivity contribution < 1.29 is 9.90 Å². The monoisotopic (exact) mass is 346 g/mol. The van der Waals surface area contributed by atoms with Crippen molar-refractivity contribution in [1.82, 2.24) is 4.98 Å². The molecule has 4 rings (SSSR count). The average Bonchev–Trinajstić information content (AvgIpc) is 3.21. The molecule has 0 bridgehead atoms. The molecule has 2 aromatic carbocycles. The summed E-state index contributed by atoms with van der Waals surface area (Å²) in [6.07, 6.45) is 3.36. The number of fused-ring (bicyclic) bond motifs is 1. The number of hydrogen-bond donors (Lipinski definition) is 1. The van der Waals surface area contributed by atoms with Crippen LogP contribution in [0.3, 0.4) is 0 Å². The van der Waals surface area contributed by atoms with Gasteiger partial charge in [0.05, 0.1) is 16.8 Å². The Morgan fingerprint density at radius 1 is 1.08 bits per heavy atom. The van der Waals surface area contributed by atoms with Crippen molar-refractivity contribution in [3.63, 3.8) is 0 Å². The third-order valence-electron chi connectivity index (χ3n) is 5.15. The number of nitrogens with zero attached hydrogens (tertiary/aromatic N) is 2. The van der Waals surface area contributed by atoms with E-state index in [1.54, 1.807) is 6.07 Å². The fourth-order valence-electron chi connectivity index (χ4n) is 3.64. The first-order valence-electron chi connectivity index (χ1n) is 9.18. The molecule has 3 aromatic rings. The van der Waals surface area contributed by atoms with E-state index in [2.05, 4.69) is 24.0 Å². The van der Waals surface area contributed by atoms with E-state index in [9.17, 15) is 9.90 Å². The summed E-state index contributed by atoms with van der Waals surface area (Å²) in [4.78, 5) is 18.9. The molecule has 0 saturated carbocycles. The second-order valence-electron chi connectivity index (χ2n) is 6.81. The number of pyridine rings is 1. The van der Waals surface area contributed by atoms with Gasteiger partial charge in [-0.25, -0.2) is 9.78 Å². The van der Waals surface area contributed by atoms with Crippen LogP contribution in [0.1, 0.15) is 35.7 Å². The van der Waals surface area contributed by atoms with Crippen molar-refractivity contribution in [3.8, 4) is 11.3 Å². The number of aryl methyl sites for hydroxylation is 1. The van der Waals surface area contributed by atoms with Gasteiger partial charge in [0.25, 0.3) is 0 Å². The number of carboxylic acid groups (broad SMARTS) is 1. The van der Waals surface area contributed by atoms with Crippen LogP contribution in [0.15, 0.2) is 48.5 Å². The van der Waals surface area contributed by atoms with Crippen LogP contribution < -0.4 is 4.90 Å². The summed E-state index contributed by atoms with van der Waals surface area (Å²) in [5.74, 6) is -0.916. The van der Waals surface area contributed by atoms with E-state index >= 15 is 0 Å². The topological polar surface area (TPSA) is 53.4 Å². The minimum atomic E-state index is -0.916. The molecule has 26 heavy (non-hydrogen) atoms. The molecule has 0 aliphatic carbocycles. The normalized spacial score (nSPS) is 14.1. The van der Waals surface area contributed by atoms with Crippen LogP contribution in [0.5, 0.6) is 0 Å². The first-order chi connectivity index (χ1) is 12.7. The molecule has 0 unspecified atom stereocenters. The molecule has 0 spiro atoms. The average molecular weight is 346 g/mol. The lowest BCUT2D eigenvalue weighted by atomic mass is 10.0. The van der Waals surface area contributed by atoms with Crippen molar-refractivity contribution in [1.29, 1.82) is 0 Å². The van der Waals surface area contributed by atoms with Crippen LogP contribution in [0.2, 0.25) is 0 Å². The van der Waals surface area contributed by atoms with Crippen molar-refractivity contribution in [2.75, 3.05) is 18.0 Å². The van der Waals surface area contributed by atoms with E-state index in [4.69, 9.17) is 4.98 Å². The second-order valence-corrected chi connectivity index (χ2v) is 6.81. The number of benzene rings is 2. The van der Waals surface area contributed by atoms with Gasteiger partial charge in [-0.2, -0.15) is 0 Å². The zero-order chi connectivity index (χ0) is 18.1. The molecular weight excluding hydrogens is 324 g/mol. The van der Waals surface area contributed by atoms with Gasteiger partial charge < -0.3 is 10.0 Å². The van der Waals surface area contributed by atoms with Gasteiger partial charge >= 0.3 is 5.97 Å². The summed E-state index contributed by atoms with van der Waals surface area (Å²) < 4.78 is 0. The Labute approximate surface area is 153 Å². The number of carbonyl (C=O) groups is 1. The largest absolute Gasteiger partial charge is 0.478 e. The highest BCUT2D eigenvalue weighted by Gasteiger charge is 2.15. The van der Waals surface area contributed by atoms with E-state index in [1.807, 2.05) is 30.3 Å². The SMILES string of the molecule is CCc1ccc2nc(-c3ccc(N4CCCC4)cc3)cc(C(=O)O)c2c1. The molecule has 1 N–H and O–H groups in total. The molecule has 0 atom stereocenters. The lowest BCUT2D eigenvalue weighted by molar-refractivity contribution is 0.0699. The van der Waals surface area contributed by atoms with Gasteiger partial charge in [-0.05, 0) is 55.2 Å². The Balaban J connectivity index is 1.77. The highest BCUT2D eigenvalue weighted by atomic mass is 16.4. The minimum absolute atomic E-state index is 0.309. The number of aromatic carboxylic acids is 1. The van der Waals surface area contributed by atoms with Gasteiger partial charge in [0.2, 0.25) is 0 Å². The van der Waals surface area contributed by atoms with E-state index in [-0.39, 0.29) is 0 Å². The Morgan fingerprint density at radius 3 is 2.46 bits per heavy atom. The molecule has 1 aliphatic rings. The van der Waals surface area contributed by atoms with Crippen LogP contribution in [0, 0.1) is 0 Å². The van der Waals surface area contributed by atoms with Crippen molar-refractivity contribution >= 4 is 22.6 Å². The maximum Gasteiger partial charge on any atom is 0.336 e. The smallest absolute Gasteiger partial charge is 0.336 e. The second kappa shape index (κ2) is 6.79. The zero-order valence-corrected chi connectivity index (χ0v) is 14.9. The van der Waals surface area contributed by atoms with Crippen molar-refractivity contribution in [2.24, 2.45) is 0 Å². The number of aromatic nitrogens is 1.